The van der Waals surface area contributed by atoms with Crippen LogP contribution in [-0.4, -0.2) is 11.7 Å². The van der Waals surface area contributed by atoms with E-state index in [4.69, 9.17) is 0 Å². The fourth-order valence-corrected chi connectivity index (χ4v) is 4.80. The molecule has 0 heterocycles. The van der Waals surface area contributed by atoms with Crippen LogP contribution >= 0.6 is 0 Å². The van der Waals surface area contributed by atoms with Gasteiger partial charge in [0.1, 0.15) is 0 Å². The van der Waals surface area contributed by atoms with Gasteiger partial charge in [0.25, 0.3) is 0 Å². The van der Waals surface area contributed by atoms with Gasteiger partial charge in [-0.25, -0.2) is 0 Å². The second-order valence-electron chi connectivity index (χ2n) is 9.31. The Morgan fingerprint density at radius 2 is 1.89 bits per heavy atom. The van der Waals surface area contributed by atoms with Crippen LogP contribution in [0, 0.1) is 34.0 Å². The monoisotopic (exact) mass is 264 g/mol. The van der Waals surface area contributed by atoms with Crippen molar-refractivity contribution in [2.24, 2.45) is 34.0 Å². The average molecular weight is 264 g/mol. The van der Waals surface area contributed by atoms with E-state index in [1.807, 2.05) is 0 Å². The van der Waals surface area contributed by atoms with Crippen LogP contribution in [0.2, 0.25) is 0 Å². The lowest BCUT2D eigenvalue weighted by Gasteiger charge is -2.39. The lowest BCUT2D eigenvalue weighted by molar-refractivity contribution is 0.0876. The van der Waals surface area contributed by atoms with Crippen molar-refractivity contribution in [3.63, 3.8) is 0 Å². The third-order valence-electron chi connectivity index (χ3n) is 7.19. The van der Waals surface area contributed by atoms with E-state index in [9.17, 15) is 5.11 Å². The molecule has 1 N–H and O–H groups in total. The second kappa shape index (κ2) is 4.23. The van der Waals surface area contributed by atoms with Gasteiger partial charge < -0.3 is 5.11 Å². The summed E-state index contributed by atoms with van der Waals surface area (Å²) < 4.78 is 0. The first-order valence-electron chi connectivity index (χ1n) is 8.40. The second-order valence-corrected chi connectivity index (χ2v) is 9.31. The van der Waals surface area contributed by atoms with Gasteiger partial charge in [-0.15, -0.1) is 0 Å². The predicted molar refractivity (Wildman–Crippen MR) is 79.9 cm³/mol. The molecule has 0 aromatic rings. The maximum Gasteiger partial charge on any atom is 0.0490 e. The highest BCUT2D eigenvalue weighted by Gasteiger charge is 2.57. The van der Waals surface area contributed by atoms with Crippen LogP contribution < -0.4 is 0 Å². The van der Waals surface area contributed by atoms with E-state index in [0.717, 1.165) is 17.8 Å². The van der Waals surface area contributed by atoms with Crippen LogP contribution in [0.15, 0.2) is 0 Å². The Kier molecular flexibility index (Phi) is 3.10. The number of aliphatic hydroxyl groups is 1. The predicted octanol–water partition coefficient (Wildman–Crippen LogP) is 4.64. The molecule has 3 aliphatic carbocycles. The van der Waals surface area contributed by atoms with Gasteiger partial charge in [-0.05, 0) is 78.9 Å². The van der Waals surface area contributed by atoms with E-state index in [1.165, 1.54) is 44.9 Å². The van der Waals surface area contributed by atoms with Gasteiger partial charge in [-0.3, -0.25) is 0 Å². The molecule has 0 spiro atoms. The largest absolute Gasteiger partial charge is 0.396 e. The molecule has 0 radical (unpaired) electrons. The molecule has 1 heteroatoms. The van der Waals surface area contributed by atoms with Crippen molar-refractivity contribution >= 4 is 0 Å². The van der Waals surface area contributed by atoms with Gasteiger partial charge in [-0.1, -0.05) is 27.7 Å². The Morgan fingerprint density at radius 3 is 2.42 bits per heavy atom. The fraction of sp³-hybridized carbons (Fsp3) is 1.00. The van der Waals surface area contributed by atoms with Gasteiger partial charge in [0.05, 0.1) is 0 Å². The molecule has 0 aromatic heterocycles. The molecule has 0 aliphatic heterocycles. The normalized spacial score (nSPS) is 43.7. The minimum atomic E-state index is 0.380. The minimum Gasteiger partial charge on any atom is -0.396 e. The molecule has 19 heavy (non-hydrogen) atoms. The third-order valence-corrected chi connectivity index (χ3v) is 7.19. The molecule has 3 saturated carbocycles. The summed E-state index contributed by atoms with van der Waals surface area (Å²) in [6.45, 7) is 10.3. The van der Waals surface area contributed by atoms with Crippen molar-refractivity contribution in [1.82, 2.24) is 0 Å². The molecule has 3 rings (SSSR count). The van der Waals surface area contributed by atoms with Gasteiger partial charge in [0.2, 0.25) is 0 Å². The Labute approximate surface area is 119 Å². The molecule has 4 unspecified atom stereocenters. The summed E-state index contributed by atoms with van der Waals surface area (Å²) in [4.78, 5) is 0. The first kappa shape index (κ1) is 13.9. The molecule has 4 atom stereocenters. The highest BCUT2D eigenvalue weighted by Crippen LogP contribution is 2.65. The van der Waals surface area contributed by atoms with E-state index in [2.05, 4.69) is 27.7 Å². The standard InChI is InChI=1S/C18H32O/c1-16(2,7-5-14-10-17(14,3)4)13-6-8-18(12-19)11-15(18)9-13/h13-15,19H,5-12H2,1-4H3. The summed E-state index contributed by atoms with van der Waals surface area (Å²) in [6.07, 6.45) is 9.64. The lowest BCUT2D eigenvalue weighted by Crippen LogP contribution is -2.30. The van der Waals surface area contributed by atoms with E-state index in [1.54, 1.807) is 0 Å². The van der Waals surface area contributed by atoms with Crippen LogP contribution in [0.1, 0.15) is 72.6 Å². The van der Waals surface area contributed by atoms with Crippen molar-refractivity contribution in [3.05, 3.63) is 0 Å². The molecule has 0 saturated heterocycles. The Hall–Kier alpha value is -0.0400. The number of aliphatic hydroxyl groups excluding tert-OH is 1. The zero-order valence-electron chi connectivity index (χ0n) is 13.3. The summed E-state index contributed by atoms with van der Waals surface area (Å²) in [5.74, 6) is 2.75. The van der Waals surface area contributed by atoms with E-state index >= 15 is 0 Å². The van der Waals surface area contributed by atoms with Gasteiger partial charge in [0, 0.05) is 6.61 Å². The molecule has 110 valence electrons. The Bertz CT molecular complexity index is 357. The fourth-order valence-electron chi connectivity index (χ4n) is 4.80. The SMILES string of the molecule is CC(C)(CCC1CC1(C)C)C1CCC2(CO)CC2C1. The molecule has 0 aromatic carbocycles. The number of hydrogen-bond acceptors (Lipinski definition) is 1. The summed E-state index contributed by atoms with van der Waals surface area (Å²) in [6, 6.07) is 0. The zero-order valence-corrected chi connectivity index (χ0v) is 13.3. The van der Waals surface area contributed by atoms with Crippen LogP contribution in [0.3, 0.4) is 0 Å². The van der Waals surface area contributed by atoms with E-state index < -0.39 is 0 Å². The summed E-state index contributed by atoms with van der Waals surface area (Å²) in [5, 5.41) is 9.52. The highest BCUT2D eigenvalue weighted by molar-refractivity contribution is 5.07. The van der Waals surface area contributed by atoms with E-state index in [0.29, 0.717) is 22.9 Å². The van der Waals surface area contributed by atoms with Crippen molar-refractivity contribution in [2.75, 3.05) is 6.61 Å². The number of rotatable bonds is 5. The lowest BCUT2D eigenvalue weighted by atomic mass is 9.66. The Balaban J connectivity index is 1.51. The van der Waals surface area contributed by atoms with Gasteiger partial charge in [-0.2, -0.15) is 0 Å². The van der Waals surface area contributed by atoms with Crippen LogP contribution in [-0.2, 0) is 0 Å². The quantitative estimate of drug-likeness (QED) is 0.767. The third kappa shape index (κ3) is 2.48. The molecular formula is C18H32O. The summed E-state index contributed by atoms with van der Waals surface area (Å²) in [5.41, 5.74) is 1.54. The van der Waals surface area contributed by atoms with Gasteiger partial charge >= 0.3 is 0 Å². The highest BCUT2D eigenvalue weighted by atomic mass is 16.3. The Morgan fingerprint density at radius 1 is 1.21 bits per heavy atom. The number of hydrogen-bond donors (Lipinski definition) is 1. The first-order valence-corrected chi connectivity index (χ1v) is 8.40. The van der Waals surface area contributed by atoms with Crippen LogP contribution in [0.5, 0.6) is 0 Å². The van der Waals surface area contributed by atoms with Crippen LogP contribution in [0.4, 0.5) is 0 Å². The molecule has 0 bridgehead atoms. The smallest absolute Gasteiger partial charge is 0.0490 e. The molecule has 0 amide bonds. The molecule has 1 nitrogen and oxygen atoms in total. The topological polar surface area (TPSA) is 20.2 Å². The van der Waals surface area contributed by atoms with Crippen molar-refractivity contribution in [1.29, 1.82) is 0 Å². The number of fused-ring (bicyclic) bond motifs is 1. The van der Waals surface area contributed by atoms with Crippen molar-refractivity contribution in [2.45, 2.75) is 72.6 Å². The molecule has 3 aliphatic rings. The first-order chi connectivity index (χ1) is 8.79. The average Bonchev–Trinajstić information content (AvgIpc) is 3.21. The van der Waals surface area contributed by atoms with Gasteiger partial charge in [0.15, 0.2) is 0 Å². The molecular weight excluding hydrogens is 232 g/mol. The maximum absolute atomic E-state index is 9.52. The van der Waals surface area contributed by atoms with Crippen LogP contribution in [0.25, 0.3) is 0 Å². The maximum atomic E-state index is 9.52. The minimum absolute atomic E-state index is 0.380. The van der Waals surface area contributed by atoms with Crippen molar-refractivity contribution in [3.8, 4) is 0 Å². The molecule has 3 fully saturated rings. The zero-order chi connectivity index (χ0) is 13.9. The summed E-state index contributed by atoms with van der Waals surface area (Å²) in [7, 11) is 0. The van der Waals surface area contributed by atoms with Crippen molar-refractivity contribution < 1.29 is 5.11 Å². The summed E-state index contributed by atoms with van der Waals surface area (Å²) >= 11 is 0. The van der Waals surface area contributed by atoms with E-state index in [-0.39, 0.29) is 0 Å².